The fourth-order valence-corrected chi connectivity index (χ4v) is 4.66. The zero-order valence-corrected chi connectivity index (χ0v) is 12.7. The van der Waals surface area contributed by atoms with Gasteiger partial charge in [0.1, 0.15) is 0 Å². The normalized spacial score (nSPS) is 34.1. The minimum absolute atomic E-state index is 0.136. The smallest absolute Gasteiger partial charge is 0.321 e. The summed E-state index contributed by atoms with van der Waals surface area (Å²) < 4.78 is 0. The van der Waals surface area contributed by atoms with Crippen LogP contribution in [0.3, 0.4) is 0 Å². The number of carbonyl (C=O) groups is 1. The molecule has 0 spiro atoms. The van der Waals surface area contributed by atoms with Crippen molar-refractivity contribution in [2.24, 2.45) is 17.8 Å². The van der Waals surface area contributed by atoms with Crippen LogP contribution in [0, 0.1) is 17.8 Å². The van der Waals surface area contributed by atoms with Crippen molar-refractivity contribution in [2.45, 2.75) is 44.1 Å². The van der Waals surface area contributed by atoms with E-state index in [1.807, 2.05) is 0 Å². The number of aliphatic hydroxyl groups excluding tert-OH is 1. The number of nitrogens with one attached hydrogen (secondary N) is 2. The van der Waals surface area contributed by atoms with Crippen LogP contribution < -0.4 is 10.6 Å². The van der Waals surface area contributed by atoms with Crippen LogP contribution in [0.25, 0.3) is 0 Å². The topological polar surface area (TPSA) is 74.2 Å². The van der Waals surface area contributed by atoms with Crippen molar-refractivity contribution in [1.29, 1.82) is 0 Å². The van der Waals surface area contributed by atoms with E-state index < -0.39 is 0 Å². The van der Waals surface area contributed by atoms with E-state index >= 15 is 0 Å². The van der Waals surface area contributed by atoms with Crippen molar-refractivity contribution in [3.8, 4) is 0 Å². The predicted molar refractivity (Wildman–Crippen MR) is 81.4 cm³/mol. The van der Waals surface area contributed by atoms with Crippen molar-refractivity contribution < 1.29 is 9.90 Å². The highest BCUT2D eigenvalue weighted by atomic mass is 32.1. The van der Waals surface area contributed by atoms with Crippen molar-refractivity contribution in [1.82, 2.24) is 10.3 Å². The van der Waals surface area contributed by atoms with Gasteiger partial charge in [-0.25, -0.2) is 9.78 Å². The molecule has 3 saturated carbocycles. The molecule has 0 aromatic carbocycles. The number of rotatable bonds is 4. The number of amides is 2. The van der Waals surface area contributed by atoms with Gasteiger partial charge in [-0.3, -0.25) is 5.32 Å². The van der Waals surface area contributed by atoms with E-state index in [1.165, 1.54) is 24.2 Å². The lowest BCUT2D eigenvalue weighted by molar-refractivity contribution is 0.144. The van der Waals surface area contributed by atoms with Gasteiger partial charge in [0.25, 0.3) is 0 Å². The molecule has 4 rings (SSSR count). The maximum atomic E-state index is 12.0. The number of thiazole rings is 1. The summed E-state index contributed by atoms with van der Waals surface area (Å²) in [5, 5.41) is 17.9. The Kier molecular flexibility index (Phi) is 3.38. The minimum Gasteiger partial charge on any atom is -0.396 e. The minimum atomic E-state index is -0.136. The molecule has 114 valence electrons. The number of urea groups is 1. The van der Waals surface area contributed by atoms with Gasteiger partial charge in [-0.1, -0.05) is 0 Å². The zero-order chi connectivity index (χ0) is 14.4. The molecule has 3 aliphatic carbocycles. The molecule has 0 bridgehead atoms. The highest BCUT2D eigenvalue weighted by Crippen LogP contribution is 2.49. The molecule has 6 heteroatoms. The summed E-state index contributed by atoms with van der Waals surface area (Å²) in [7, 11) is 0. The van der Waals surface area contributed by atoms with E-state index in [-0.39, 0.29) is 18.7 Å². The third-order valence-corrected chi connectivity index (χ3v) is 6.01. The van der Waals surface area contributed by atoms with E-state index in [0.29, 0.717) is 28.8 Å². The van der Waals surface area contributed by atoms with Crippen LogP contribution >= 0.6 is 11.3 Å². The van der Waals surface area contributed by atoms with Gasteiger partial charge >= 0.3 is 6.03 Å². The second kappa shape index (κ2) is 5.25. The molecule has 2 amide bonds. The Bertz CT molecular complexity index is 543. The summed E-state index contributed by atoms with van der Waals surface area (Å²) in [6, 6.07) is 0.136. The first-order chi connectivity index (χ1) is 10.2. The van der Waals surface area contributed by atoms with Crippen LogP contribution in [-0.2, 0) is 0 Å². The molecular weight excluding hydrogens is 286 g/mol. The molecule has 0 radical (unpaired) electrons. The monoisotopic (exact) mass is 307 g/mol. The van der Waals surface area contributed by atoms with E-state index in [1.54, 1.807) is 0 Å². The molecule has 3 fully saturated rings. The molecule has 21 heavy (non-hydrogen) atoms. The number of nitrogens with zero attached hydrogens (tertiary/aromatic N) is 1. The predicted octanol–water partition coefficient (Wildman–Crippen LogP) is 2.55. The number of hydrogen-bond acceptors (Lipinski definition) is 4. The lowest BCUT2D eigenvalue weighted by Crippen LogP contribution is -2.51. The first kappa shape index (κ1) is 13.5. The van der Waals surface area contributed by atoms with Gasteiger partial charge in [0, 0.05) is 23.9 Å². The van der Waals surface area contributed by atoms with Crippen molar-refractivity contribution in [3.05, 3.63) is 11.1 Å². The largest absolute Gasteiger partial charge is 0.396 e. The van der Waals surface area contributed by atoms with Gasteiger partial charge in [-0.2, -0.15) is 0 Å². The summed E-state index contributed by atoms with van der Waals surface area (Å²) in [6.07, 6.45) is 5.69. The zero-order valence-electron chi connectivity index (χ0n) is 11.9. The van der Waals surface area contributed by atoms with E-state index in [4.69, 9.17) is 0 Å². The Hall–Kier alpha value is -1.14. The Balaban J connectivity index is 1.28. The second-order valence-electron chi connectivity index (χ2n) is 6.74. The van der Waals surface area contributed by atoms with E-state index in [2.05, 4.69) is 21.0 Å². The summed E-state index contributed by atoms with van der Waals surface area (Å²) in [4.78, 5) is 16.5. The number of aliphatic hydroxyl groups is 1. The molecular formula is C15H21N3O2S. The van der Waals surface area contributed by atoms with Gasteiger partial charge in [0.15, 0.2) is 5.13 Å². The first-order valence-electron chi connectivity index (χ1n) is 7.86. The molecule has 1 unspecified atom stereocenters. The van der Waals surface area contributed by atoms with Crippen LogP contribution in [0.4, 0.5) is 9.93 Å². The first-order valence-corrected chi connectivity index (χ1v) is 8.74. The van der Waals surface area contributed by atoms with Crippen molar-refractivity contribution in [3.63, 3.8) is 0 Å². The van der Waals surface area contributed by atoms with Gasteiger partial charge in [-0.15, -0.1) is 11.3 Å². The number of fused-ring (bicyclic) bond motifs is 1. The summed E-state index contributed by atoms with van der Waals surface area (Å²) in [6.45, 7) is 0.287. The molecule has 1 aromatic rings. The van der Waals surface area contributed by atoms with Gasteiger partial charge < -0.3 is 10.4 Å². The number of carbonyl (C=O) groups excluding carboxylic acids is 1. The second-order valence-corrected chi connectivity index (χ2v) is 7.59. The highest BCUT2D eigenvalue weighted by Gasteiger charge is 2.47. The maximum Gasteiger partial charge on any atom is 0.321 e. The molecule has 0 saturated heterocycles. The van der Waals surface area contributed by atoms with Crippen molar-refractivity contribution >= 4 is 22.5 Å². The van der Waals surface area contributed by atoms with Crippen LogP contribution in [-0.4, -0.2) is 28.8 Å². The number of hydrogen-bond donors (Lipinski definition) is 3. The van der Waals surface area contributed by atoms with Gasteiger partial charge in [-0.05, 0) is 49.9 Å². The maximum absolute atomic E-state index is 12.0. The van der Waals surface area contributed by atoms with Gasteiger partial charge in [0.2, 0.25) is 0 Å². The molecule has 0 aliphatic heterocycles. The SMILES string of the molecule is O=C(Nc1nc(C2CC2)cs1)N[C@H]1C[C@H]2CC(CO)C[C@H]21. The van der Waals surface area contributed by atoms with Crippen LogP contribution in [0.5, 0.6) is 0 Å². The van der Waals surface area contributed by atoms with Crippen LogP contribution in [0.2, 0.25) is 0 Å². The lowest BCUT2D eigenvalue weighted by Gasteiger charge is -2.40. The Morgan fingerprint density at radius 2 is 2.24 bits per heavy atom. The fourth-order valence-electron chi connectivity index (χ4n) is 3.87. The standard InChI is InChI=1S/C15H21N3O2S/c19-6-8-3-10-5-12(11(10)4-8)16-14(20)18-15-17-13(7-21-15)9-1-2-9/h7-12,19H,1-6H2,(H2,16,17,18,20)/t8?,10-,11-,12+/m1/s1. The van der Waals surface area contributed by atoms with E-state index in [9.17, 15) is 9.90 Å². The highest BCUT2D eigenvalue weighted by molar-refractivity contribution is 7.13. The lowest BCUT2D eigenvalue weighted by atomic mass is 9.71. The average molecular weight is 307 g/mol. The molecule has 1 heterocycles. The van der Waals surface area contributed by atoms with Gasteiger partial charge in [0.05, 0.1) is 5.69 Å². The Morgan fingerprint density at radius 1 is 1.38 bits per heavy atom. The summed E-state index contributed by atoms with van der Waals surface area (Å²) in [5.74, 6) is 2.33. The average Bonchev–Trinajstić information content (AvgIpc) is 3.12. The third-order valence-electron chi connectivity index (χ3n) is 5.23. The molecule has 1 aromatic heterocycles. The quantitative estimate of drug-likeness (QED) is 0.800. The molecule has 3 aliphatic rings. The van der Waals surface area contributed by atoms with Crippen LogP contribution in [0.1, 0.15) is 43.7 Å². The number of aromatic nitrogens is 1. The van der Waals surface area contributed by atoms with E-state index in [0.717, 1.165) is 25.0 Å². The molecule has 3 N–H and O–H groups in total. The van der Waals surface area contributed by atoms with Crippen molar-refractivity contribution in [2.75, 3.05) is 11.9 Å². The molecule has 4 atom stereocenters. The fraction of sp³-hybridized carbons (Fsp3) is 0.733. The third kappa shape index (κ3) is 2.66. The Labute approximate surface area is 128 Å². The number of anilines is 1. The summed E-state index contributed by atoms with van der Waals surface area (Å²) >= 11 is 1.51. The summed E-state index contributed by atoms with van der Waals surface area (Å²) in [5.41, 5.74) is 1.13. The van der Waals surface area contributed by atoms with Crippen LogP contribution in [0.15, 0.2) is 5.38 Å². The Morgan fingerprint density at radius 3 is 3.00 bits per heavy atom. The molecule has 5 nitrogen and oxygen atoms in total.